The first-order valence-corrected chi connectivity index (χ1v) is 6.89. The third-order valence-electron chi connectivity index (χ3n) is 3.13. The van der Waals surface area contributed by atoms with Gasteiger partial charge in [0.15, 0.2) is 0 Å². The molecule has 0 aliphatic heterocycles. The number of nitrogens with two attached hydrogens (primary N) is 1. The van der Waals surface area contributed by atoms with Gasteiger partial charge in [-0.25, -0.2) is 0 Å². The van der Waals surface area contributed by atoms with E-state index >= 15 is 0 Å². The molecular weight excluding hydrogens is 230 g/mol. The molecule has 92 valence electrons. The van der Waals surface area contributed by atoms with Crippen molar-refractivity contribution in [3.63, 3.8) is 0 Å². The lowest BCUT2D eigenvalue weighted by atomic mass is 10.0. The Labute approximate surface area is 106 Å². The molecule has 3 nitrogen and oxygen atoms in total. The van der Waals surface area contributed by atoms with E-state index in [1.807, 2.05) is 17.9 Å². The summed E-state index contributed by atoms with van der Waals surface area (Å²) in [5.74, 6) is 0. The van der Waals surface area contributed by atoms with E-state index in [9.17, 15) is 0 Å². The first kappa shape index (κ1) is 12.3. The van der Waals surface area contributed by atoms with Crippen LogP contribution in [0.25, 0.3) is 0 Å². The van der Waals surface area contributed by atoms with Crippen molar-refractivity contribution in [3.05, 3.63) is 39.8 Å². The van der Waals surface area contributed by atoms with Gasteiger partial charge in [0.1, 0.15) is 0 Å². The lowest BCUT2D eigenvalue weighted by molar-refractivity contribution is 0.617. The van der Waals surface area contributed by atoms with Gasteiger partial charge in [-0.1, -0.05) is 6.92 Å². The number of aryl methyl sites for hydroxylation is 3. The van der Waals surface area contributed by atoms with Crippen LogP contribution in [-0.4, -0.2) is 9.78 Å². The second-order valence-electron chi connectivity index (χ2n) is 4.25. The summed E-state index contributed by atoms with van der Waals surface area (Å²) in [5.41, 5.74) is 8.90. The molecule has 1 atom stereocenters. The molecule has 2 heterocycles. The fraction of sp³-hybridized carbons (Fsp3) is 0.462. The minimum Gasteiger partial charge on any atom is -0.323 e. The molecule has 0 bridgehead atoms. The second kappa shape index (κ2) is 5.47. The molecular formula is C13H19N3S. The van der Waals surface area contributed by atoms with Crippen LogP contribution in [0.1, 0.15) is 35.5 Å². The summed E-state index contributed by atoms with van der Waals surface area (Å²) in [6.07, 6.45) is 4.87. The van der Waals surface area contributed by atoms with Crippen molar-refractivity contribution < 1.29 is 0 Å². The fourth-order valence-corrected chi connectivity index (χ4v) is 3.08. The van der Waals surface area contributed by atoms with Gasteiger partial charge >= 0.3 is 0 Å². The summed E-state index contributed by atoms with van der Waals surface area (Å²) >= 11 is 1.78. The standard InChI is InChI=1S/C13H19N3S/c1-3-10-7-9-17-13(10)12(14)5-4-11-6-8-15-16(11)2/h6-9,12H,3-5,14H2,1-2H3. The molecule has 0 fully saturated rings. The van der Waals surface area contributed by atoms with Crippen LogP contribution in [0.2, 0.25) is 0 Å². The van der Waals surface area contributed by atoms with Crippen LogP contribution in [0.4, 0.5) is 0 Å². The van der Waals surface area contributed by atoms with Crippen molar-refractivity contribution in [3.8, 4) is 0 Å². The van der Waals surface area contributed by atoms with Crippen molar-refractivity contribution in [1.29, 1.82) is 0 Å². The van der Waals surface area contributed by atoms with Gasteiger partial charge in [-0.3, -0.25) is 4.68 Å². The van der Waals surface area contributed by atoms with E-state index in [-0.39, 0.29) is 6.04 Å². The summed E-state index contributed by atoms with van der Waals surface area (Å²) in [4.78, 5) is 1.34. The largest absolute Gasteiger partial charge is 0.323 e. The molecule has 17 heavy (non-hydrogen) atoms. The molecule has 0 saturated carbocycles. The number of hydrogen-bond donors (Lipinski definition) is 1. The Bertz CT molecular complexity index is 472. The van der Waals surface area contributed by atoms with Crippen LogP contribution < -0.4 is 5.73 Å². The van der Waals surface area contributed by atoms with Crippen molar-refractivity contribution in [2.75, 3.05) is 0 Å². The fourth-order valence-electron chi connectivity index (χ4n) is 2.05. The number of rotatable bonds is 5. The van der Waals surface area contributed by atoms with E-state index < -0.39 is 0 Å². The Morgan fingerprint density at radius 1 is 1.47 bits per heavy atom. The van der Waals surface area contributed by atoms with Crippen molar-refractivity contribution in [1.82, 2.24) is 9.78 Å². The average molecular weight is 249 g/mol. The molecule has 0 saturated heterocycles. The van der Waals surface area contributed by atoms with Gasteiger partial charge in [0.25, 0.3) is 0 Å². The number of aromatic nitrogens is 2. The zero-order valence-electron chi connectivity index (χ0n) is 10.4. The van der Waals surface area contributed by atoms with E-state index in [1.165, 1.54) is 16.1 Å². The maximum Gasteiger partial charge on any atom is 0.0492 e. The maximum atomic E-state index is 6.26. The molecule has 0 aliphatic carbocycles. The van der Waals surface area contributed by atoms with Gasteiger partial charge < -0.3 is 5.73 Å². The molecule has 2 rings (SSSR count). The molecule has 2 aromatic rings. The molecule has 0 spiro atoms. The SMILES string of the molecule is CCc1ccsc1C(N)CCc1ccnn1C. The van der Waals surface area contributed by atoms with Crippen molar-refractivity contribution in [2.24, 2.45) is 12.8 Å². The van der Waals surface area contributed by atoms with E-state index in [0.29, 0.717) is 0 Å². The zero-order chi connectivity index (χ0) is 12.3. The van der Waals surface area contributed by atoms with Crippen LogP contribution in [0.15, 0.2) is 23.7 Å². The average Bonchev–Trinajstić information content (AvgIpc) is 2.94. The topological polar surface area (TPSA) is 43.8 Å². The highest BCUT2D eigenvalue weighted by Gasteiger charge is 2.12. The van der Waals surface area contributed by atoms with Crippen LogP contribution in [0.3, 0.4) is 0 Å². The second-order valence-corrected chi connectivity index (χ2v) is 5.20. The summed E-state index contributed by atoms with van der Waals surface area (Å²) in [7, 11) is 1.98. The van der Waals surface area contributed by atoms with Gasteiger partial charge in [-0.15, -0.1) is 11.3 Å². The normalized spacial score (nSPS) is 12.9. The summed E-state index contributed by atoms with van der Waals surface area (Å²) in [6.45, 7) is 2.18. The quantitative estimate of drug-likeness (QED) is 0.885. The van der Waals surface area contributed by atoms with Gasteiger partial charge in [-0.05, 0) is 42.3 Å². The maximum absolute atomic E-state index is 6.26. The summed E-state index contributed by atoms with van der Waals surface area (Å²) in [5, 5.41) is 6.31. The molecule has 0 radical (unpaired) electrons. The number of nitrogens with zero attached hydrogens (tertiary/aromatic N) is 2. The predicted molar refractivity (Wildman–Crippen MR) is 72.2 cm³/mol. The lowest BCUT2D eigenvalue weighted by Crippen LogP contribution is -2.12. The Kier molecular flexibility index (Phi) is 3.97. The summed E-state index contributed by atoms with van der Waals surface area (Å²) < 4.78 is 1.92. The highest BCUT2D eigenvalue weighted by atomic mass is 32.1. The molecule has 0 aliphatic rings. The monoisotopic (exact) mass is 249 g/mol. The van der Waals surface area contributed by atoms with Crippen LogP contribution >= 0.6 is 11.3 Å². The van der Waals surface area contributed by atoms with Crippen LogP contribution in [-0.2, 0) is 19.9 Å². The zero-order valence-corrected chi connectivity index (χ0v) is 11.2. The Balaban J connectivity index is 1.98. The van der Waals surface area contributed by atoms with E-state index in [0.717, 1.165) is 19.3 Å². The third-order valence-corrected chi connectivity index (χ3v) is 4.22. The molecule has 2 N–H and O–H groups in total. The molecule has 0 amide bonds. The van der Waals surface area contributed by atoms with Gasteiger partial charge in [0, 0.05) is 29.9 Å². The van der Waals surface area contributed by atoms with Crippen LogP contribution in [0.5, 0.6) is 0 Å². The molecule has 0 aromatic carbocycles. The third kappa shape index (κ3) is 2.76. The van der Waals surface area contributed by atoms with E-state index in [2.05, 4.69) is 29.5 Å². The highest BCUT2D eigenvalue weighted by molar-refractivity contribution is 7.10. The number of hydrogen-bond acceptors (Lipinski definition) is 3. The Morgan fingerprint density at radius 3 is 2.94 bits per heavy atom. The van der Waals surface area contributed by atoms with Crippen LogP contribution in [0, 0.1) is 0 Å². The Hall–Kier alpha value is -1.13. The molecule has 2 aromatic heterocycles. The minimum atomic E-state index is 0.153. The first-order chi connectivity index (χ1) is 8.22. The van der Waals surface area contributed by atoms with E-state index in [4.69, 9.17) is 5.73 Å². The lowest BCUT2D eigenvalue weighted by Gasteiger charge is -2.12. The first-order valence-electron chi connectivity index (χ1n) is 6.01. The summed E-state index contributed by atoms with van der Waals surface area (Å²) in [6, 6.07) is 4.39. The molecule has 4 heteroatoms. The van der Waals surface area contributed by atoms with Gasteiger partial charge in [0.2, 0.25) is 0 Å². The predicted octanol–water partition coefficient (Wildman–Crippen LogP) is 2.68. The Morgan fingerprint density at radius 2 is 2.29 bits per heavy atom. The van der Waals surface area contributed by atoms with Gasteiger partial charge in [0.05, 0.1) is 0 Å². The minimum absolute atomic E-state index is 0.153. The number of thiophene rings is 1. The van der Waals surface area contributed by atoms with Crippen molar-refractivity contribution >= 4 is 11.3 Å². The molecule has 1 unspecified atom stereocenters. The highest BCUT2D eigenvalue weighted by Crippen LogP contribution is 2.26. The van der Waals surface area contributed by atoms with Crippen molar-refractivity contribution in [2.45, 2.75) is 32.2 Å². The smallest absolute Gasteiger partial charge is 0.0492 e. The van der Waals surface area contributed by atoms with Gasteiger partial charge in [-0.2, -0.15) is 5.10 Å². The van der Waals surface area contributed by atoms with E-state index in [1.54, 1.807) is 11.3 Å².